The van der Waals surface area contributed by atoms with Gasteiger partial charge in [0.15, 0.2) is 11.5 Å². The Balaban J connectivity index is 2.08. The molecule has 2 rings (SSSR count). The first-order chi connectivity index (χ1) is 11.1. The standard InChI is InChI=1S/C18H21ClN2O2/c1-4-22-18-11-14(5-10-17(18)23-13(2)3)12-20-21-16-8-6-15(19)7-9-16/h5-13,21H,4H2,1-3H3/b20-12+. The Morgan fingerprint density at radius 2 is 1.87 bits per heavy atom. The molecule has 0 amide bonds. The van der Waals surface area contributed by atoms with Crippen molar-refractivity contribution in [3.63, 3.8) is 0 Å². The number of rotatable bonds is 7. The largest absolute Gasteiger partial charge is 0.490 e. The highest BCUT2D eigenvalue weighted by Gasteiger charge is 2.07. The highest BCUT2D eigenvalue weighted by molar-refractivity contribution is 6.30. The molecule has 5 heteroatoms. The zero-order valence-electron chi connectivity index (χ0n) is 13.5. The molecule has 0 aliphatic rings. The lowest BCUT2D eigenvalue weighted by molar-refractivity contribution is 0.224. The zero-order chi connectivity index (χ0) is 16.7. The van der Waals surface area contributed by atoms with Gasteiger partial charge in [-0.1, -0.05) is 11.6 Å². The molecular weight excluding hydrogens is 312 g/mol. The van der Waals surface area contributed by atoms with E-state index in [-0.39, 0.29) is 6.10 Å². The van der Waals surface area contributed by atoms with Gasteiger partial charge in [-0.25, -0.2) is 0 Å². The SMILES string of the molecule is CCOc1cc(/C=N/Nc2ccc(Cl)cc2)ccc1OC(C)C. The molecule has 0 fully saturated rings. The molecule has 0 spiro atoms. The maximum absolute atomic E-state index is 5.85. The molecule has 0 saturated carbocycles. The number of nitrogens with one attached hydrogen (secondary N) is 1. The van der Waals surface area contributed by atoms with Crippen LogP contribution >= 0.6 is 11.6 Å². The van der Waals surface area contributed by atoms with Crippen molar-refractivity contribution in [2.45, 2.75) is 26.9 Å². The Hall–Kier alpha value is -2.20. The summed E-state index contributed by atoms with van der Waals surface area (Å²) in [4.78, 5) is 0. The summed E-state index contributed by atoms with van der Waals surface area (Å²) in [6.07, 6.45) is 1.83. The molecule has 122 valence electrons. The quantitative estimate of drug-likeness (QED) is 0.575. The van der Waals surface area contributed by atoms with Gasteiger partial charge in [-0.15, -0.1) is 0 Å². The maximum Gasteiger partial charge on any atom is 0.161 e. The van der Waals surface area contributed by atoms with Crippen molar-refractivity contribution in [1.82, 2.24) is 0 Å². The highest BCUT2D eigenvalue weighted by atomic mass is 35.5. The van der Waals surface area contributed by atoms with Crippen LogP contribution in [0.25, 0.3) is 0 Å². The molecule has 0 radical (unpaired) electrons. The summed E-state index contributed by atoms with van der Waals surface area (Å²) in [6.45, 7) is 6.50. The molecular formula is C18H21ClN2O2. The van der Waals surface area contributed by atoms with E-state index in [4.69, 9.17) is 21.1 Å². The summed E-state index contributed by atoms with van der Waals surface area (Å²) >= 11 is 5.85. The second-order valence-corrected chi connectivity index (χ2v) is 5.62. The average molecular weight is 333 g/mol. The lowest BCUT2D eigenvalue weighted by Crippen LogP contribution is -2.07. The van der Waals surface area contributed by atoms with Crippen LogP contribution in [0.3, 0.4) is 0 Å². The van der Waals surface area contributed by atoms with Gasteiger partial charge in [0.2, 0.25) is 0 Å². The van der Waals surface area contributed by atoms with Gasteiger partial charge in [-0.3, -0.25) is 5.43 Å². The van der Waals surface area contributed by atoms with Crippen LogP contribution < -0.4 is 14.9 Å². The van der Waals surface area contributed by atoms with Crippen molar-refractivity contribution in [2.75, 3.05) is 12.0 Å². The van der Waals surface area contributed by atoms with Gasteiger partial charge < -0.3 is 9.47 Å². The summed E-state index contributed by atoms with van der Waals surface area (Å²) < 4.78 is 11.4. The van der Waals surface area contributed by atoms with Gasteiger partial charge in [-0.2, -0.15) is 5.10 Å². The van der Waals surface area contributed by atoms with E-state index >= 15 is 0 Å². The van der Waals surface area contributed by atoms with Crippen LogP contribution in [-0.4, -0.2) is 18.9 Å². The third-order valence-electron chi connectivity index (χ3n) is 2.88. The van der Waals surface area contributed by atoms with E-state index < -0.39 is 0 Å². The fourth-order valence-electron chi connectivity index (χ4n) is 1.93. The first-order valence-electron chi connectivity index (χ1n) is 7.56. The number of ether oxygens (including phenoxy) is 2. The van der Waals surface area contributed by atoms with Crippen LogP contribution in [0.1, 0.15) is 26.3 Å². The summed E-state index contributed by atoms with van der Waals surface area (Å²) in [6, 6.07) is 13.1. The zero-order valence-corrected chi connectivity index (χ0v) is 14.3. The second-order valence-electron chi connectivity index (χ2n) is 5.18. The Kier molecular flexibility index (Phi) is 6.29. The lowest BCUT2D eigenvalue weighted by atomic mass is 10.2. The van der Waals surface area contributed by atoms with Gasteiger partial charge in [0.25, 0.3) is 0 Å². The van der Waals surface area contributed by atoms with Gasteiger partial charge in [0.1, 0.15) is 0 Å². The van der Waals surface area contributed by atoms with Crippen molar-refractivity contribution in [1.29, 1.82) is 0 Å². The minimum absolute atomic E-state index is 0.0975. The molecule has 0 aliphatic heterocycles. The summed E-state index contributed by atoms with van der Waals surface area (Å²) in [5.41, 5.74) is 4.75. The third-order valence-corrected chi connectivity index (χ3v) is 3.13. The van der Waals surface area contributed by atoms with Crippen LogP contribution in [0.15, 0.2) is 47.6 Å². The van der Waals surface area contributed by atoms with E-state index in [1.54, 1.807) is 6.21 Å². The molecule has 0 saturated heterocycles. The predicted octanol–water partition coefficient (Wildman–Crippen LogP) is 4.97. The van der Waals surface area contributed by atoms with E-state index in [9.17, 15) is 0 Å². The number of benzene rings is 2. The monoisotopic (exact) mass is 332 g/mol. The summed E-state index contributed by atoms with van der Waals surface area (Å²) in [7, 11) is 0. The molecule has 0 aromatic heterocycles. The molecule has 4 nitrogen and oxygen atoms in total. The fraction of sp³-hybridized carbons (Fsp3) is 0.278. The Bertz CT molecular complexity index is 655. The van der Waals surface area contributed by atoms with Gasteiger partial charge >= 0.3 is 0 Å². The normalized spacial score (nSPS) is 11.0. The number of hydrogen-bond donors (Lipinski definition) is 1. The molecule has 2 aromatic carbocycles. The highest BCUT2D eigenvalue weighted by Crippen LogP contribution is 2.29. The smallest absolute Gasteiger partial charge is 0.161 e. The number of halogens is 1. The van der Waals surface area contributed by atoms with Gasteiger partial charge in [-0.05, 0) is 68.8 Å². The average Bonchev–Trinajstić information content (AvgIpc) is 2.51. The second kappa shape index (κ2) is 8.44. The Morgan fingerprint density at radius 3 is 2.52 bits per heavy atom. The van der Waals surface area contributed by atoms with Crippen LogP contribution in [0, 0.1) is 0 Å². The minimum Gasteiger partial charge on any atom is -0.490 e. The van der Waals surface area contributed by atoms with E-state index in [0.29, 0.717) is 11.6 Å². The van der Waals surface area contributed by atoms with Crippen LogP contribution in [0.2, 0.25) is 5.02 Å². The first kappa shape index (κ1) is 17.2. The molecule has 2 aromatic rings. The topological polar surface area (TPSA) is 42.8 Å². The third kappa shape index (κ3) is 5.49. The van der Waals surface area contributed by atoms with E-state index in [0.717, 1.165) is 22.7 Å². The number of anilines is 1. The van der Waals surface area contributed by atoms with Gasteiger partial charge in [0, 0.05) is 5.02 Å². The van der Waals surface area contributed by atoms with Crippen molar-refractivity contribution in [3.05, 3.63) is 53.1 Å². The minimum atomic E-state index is 0.0975. The van der Waals surface area contributed by atoms with Crippen molar-refractivity contribution >= 4 is 23.5 Å². The van der Waals surface area contributed by atoms with Crippen LogP contribution in [0.4, 0.5) is 5.69 Å². The summed E-state index contributed by atoms with van der Waals surface area (Å²) in [5, 5.41) is 4.91. The van der Waals surface area contributed by atoms with Crippen molar-refractivity contribution in [2.24, 2.45) is 5.10 Å². The summed E-state index contributed by atoms with van der Waals surface area (Å²) in [5.74, 6) is 1.46. The van der Waals surface area contributed by atoms with E-state index in [2.05, 4.69) is 10.5 Å². The van der Waals surface area contributed by atoms with Crippen molar-refractivity contribution < 1.29 is 9.47 Å². The van der Waals surface area contributed by atoms with E-state index in [1.807, 2.05) is 63.2 Å². The Morgan fingerprint density at radius 1 is 1.13 bits per heavy atom. The first-order valence-corrected chi connectivity index (χ1v) is 7.94. The van der Waals surface area contributed by atoms with Crippen LogP contribution in [-0.2, 0) is 0 Å². The predicted molar refractivity (Wildman–Crippen MR) is 96.0 cm³/mol. The lowest BCUT2D eigenvalue weighted by Gasteiger charge is -2.14. The number of hydrogen-bond acceptors (Lipinski definition) is 4. The van der Waals surface area contributed by atoms with Gasteiger partial charge in [0.05, 0.1) is 24.6 Å². The molecule has 0 aliphatic carbocycles. The molecule has 1 N–H and O–H groups in total. The number of hydrazone groups is 1. The molecule has 0 bridgehead atoms. The molecule has 23 heavy (non-hydrogen) atoms. The fourth-order valence-corrected chi connectivity index (χ4v) is 2.06. The van der Waals surface area contributed by atoms with E-state index in [1.165, 1.54) is 0 Å². The van der Waals surface area contributed by atoms with Crippen molar-refractivity contribution in [3.8, 4) is 11.5 Å². The maximum atomic E-state index is 5.85. The molecule has 0 heterocycles. The Labute approximate surface area is 142 Å². The number of nitrogens with zero attached hydrogens (tertiary/aromatic N) is 1. The molecule has 0 atom stereocenters. The van der Waals surface area contributed by atoms with Crippen LogP contribution in [0.5, 0.6) is 11.5 Å². The molecule has 0 unspecified atom stereocenters.